The molecule has 17 nitrogen and oxygen atoms in total. The van der Waals surface area contributed by atoms with Crippen LogP contribution in [-0.4, -0.2) is 52.3 Å². The van der Waals surface area contributed by atoms with Crippen molar-refractivity contribution in [3.8, 4) is 22.9 Å². The molecule has 0 aliphatic carbocycles. The fraction of sp³-hybridized carbons (Fsp3) is 0.111. The first-order chi connectivity index (χ1) is 26.4. The number of hydrogen-bond donors (Lipinski definition) is 1. The predicted octanol–water partition coefficient (Wildman–Crippen LogP) is 1.82. The van der Waals surface area contributed by atoms with Crippen LogP contribution in [0.1, 0.15) is 5.69 Å². The second-order valence-corrected chi connectivity index (χ2v) is 16.2. The number of ether oxygens (including phenoxy) is 1. The Kier molecular flexibility index (Phi) is 16.0. The maximum atomic E-state index is 12.6. The summed E-state index contributed by atoms with van der Waals surface area (Å²) in [6, 6.07) is 21.0. The van der Waals surface area contributed by atoms with Crippen molar-refractivity contribution in [3.63, 3.8) is 0 Å². The van der Waals surface area contributed by atoms with Gasteiger partial charge in [0.2, 0.25) is 0 Å². The maximum absolute atomic E-state index is 12.6. The molecule has 0 saturated carbocycles. The summed E-state index contributed by atoms with van der Waals surface area (Å²) in [5.74, 6) is -1.58. The minimum absolute atomic E-state index is 0. The molecule has 0 aliphatic heterocycles. The molecule has 1 N–H and O–H groups in total. The number of H-pyrrole nitrogens is 1. The maximum Gasteiger partial charge on any atom is 3.00 e. The van der Waals surface area contributed by atoms with Crippen LogP contribution in [0, 0.1) is 6.92 Å². The first-order valence-corrected chi connectivity index (χ1v) is 20.0. The van der Waals surface area contributed by atoms with Gasteiger partial charge >= 0.3 is 46.9 Å². The van der Waals surface area contributed by atoms with E-state index in [2.05, 4.69) is 35.3 Å². The van der Waals surface area contributed by atoms with E-state index in [4.69, 9.17) is 11.6 Å². The van der Waals surface area contributed by atoms with Gasteiger partial charge in [-0.2, -0.15) is 15.3 Å². The number of azo groups is 2. The standard InChI is InChI=1S/C19H17N3O6S.C17H15ClN4O4S.Cr.Na/c1-28-19(25)20-13-5-3-4-11-6-8-16(24)18(17(11)13)22-21-14-10-12(29(2,26)27)7-9-15(14)23;1-10-16(17(24)22(21-10)12-5-3-4-11(18)8-12)20-19-14-9-13(27(2,25)26)6-7-15(14)23;;/h3-10,23-24H,1-2H3,(H,20,25);3-9,21,23H,1-2H3;;/q;;+3;+1/p-4. The third-order valence-electron chi connectivity index (χ3n) is 7.68. The Morgan fingerprint density at radius 3 is 1.79 bits per heavy atom. The molecule has 5 aromatic carbocycles. The minimum atomic E-state index is -3.56. The summed E-state index contributed by atoms with van der Waals surface area (Å²) in [6.07, 6.45) is 1.15. The molecule has 0 bridgehead atoms. The molecule has 1 radical (unpaired) electrons. The number of hydrogen-bond acceptors (Lipinski definition) is 15. The molecular formula is C36H28ClCrN7NaO10S2. The van der Waals surface area contributed by atoms with Crippen molar-refractivity contribution >= 4 is 76.6 Å². The first kappa shape index (κ1) is 47.3. The van der Waals surface area contributed by atoms with Gasteiger partial charge in [-0.1, -0.05) is 71.3 Å². The zero-order valence-electron chi connectivity index (χ0n) is 31.0. The van der Waals surface area contributed by atoms with Crippen molar-refractivity contribution < 1.29 is 88.9 Å². The van der Waals surface area contributed by atoms with E-state index < -0.39 is 48.6 Å². The van der Waals surface area contributed by atoms with E-state index in [9.17, 15) is 42.1 Å². The molecule has 0 amide bonds. The number of rotatable bonds is 8. The topological polar surface area (TPSA) is 269 Å². The van der Waals surface area contributed by atoms with Crippen molar-refractivity contribution in [2.45, 2.75) is 16.7 Å². The van der Waals surface area contributed by atoms with E-state index in [1.54, 1.807) is 43.3 Å². The Labute approximate surface area is 369 Å². The van der Waals surface area contributed by atoms with E-state index in [-0.39, 0.29) is 90.5 Å². The van der Waals surface area contributed by atoms with Crippen LogP contribution in [0.3, 0.4) is 0 Å². The largest absolute Gasteiger partial charge is 3.00 e. The van der Waals surface area contributed by atoms with Gasteiger partial charge in [0.15, 0.2) is 31.4 Å². The number of aliphatic imine (C=N–C) groups is 1. The monoisotopic (exact) mass is 892 g/mol. The zero-order valence-corrected chi connectivity index (χ0v) is 36.7. The molecule has 0 aliphatic rings. The van der Waals surface area contributed by atoms with E-state index in [1.165, 1.54) is 42.1 Å². The first-order valence-electron chi connectivity index (χ1n) is 15.8. The molecule has 293 valence electrons. The van der Waals surface area contributed by atoms with Crippen LogP contribution in [0.4, 0.5) is 28.4 Å². The summed E-state index contributed by atoms with van der Waals surface area (Å²) in [7, 11) is -5.89. The number of aryl methyl sites for hydroxylation is 1. The molecule has 1 heterocycles. The van der Waals surface area contributed by atoms with Gasteiger partial charge in [0.25, 0.3) is 5.56 Å². The van der Waals surface area contributed by atoms with Gasteiger partial charge in [-0.15, -0.1) is 5.11 Å². The Bertz CT molecular complexity index is 2870. The smallest absolute Gasteiger partial charge is 0.871 e. The summed E-state index contributed by atoms with van der Waals surface area (Å²) >= 11 is 5.95. The van der Waals surface area contributed by atoms with Crippen LogP contribution in [0.15, 0.2) is 131 Å². The van der Waals surface area contributed by atoms with Gasteiger partial charge in [0, 0.05) is 22.9 Å². The number of sulfone groups is 2. The third kappa shape index (κ3) is 11.3. The molecule has 58 heavy (non-hydrogen) atoms. The van der Waals surface area contributed by atoms with Crippen LogP contribution in [0.25, 0.3) is 16.5 Å². The molecule has 22 heteroatoms. The number of fused-ring (bicyclic) bond motifs is 1. The molecule has 0 unspecified atom stereocenters. The quantitative estimate of drug-likeness (QED) is 0.100. The van der Waals surface area contributed by atoms with Crippen LogP contribution in [0.5, 0.6) is 17.2 Å². The fourth-order valence-corrected chi connectivity index (χ4v) is 6.40. The molecule has 1 aromatic heterocycles. The van der Waals surface area contributed by atoms with Gasteiger partial charge in [-0.05, 0) is 68.0 Å². The molecule has 0 spiro atoms. The van der Waals surface area contributed by atoms with E-state index in [1.807, 2.05) is 0 Å². The van der Waals surface area contributed by atoms with Crippen LogP contribution in [0.2, 0.25) is 5.02 Å². The summed E-state index contributed by atoms with van der Waals surface area (Å²) in [6.45, 7) is 1.63. The third-order valence-corrected chi connectivity index (χ3v) is 10.1. The average molecular weight is 893 g/mol. The molecular weight excluding hydrogens is 865 g/mol. The van der Waals surface area contributed by atoms with Gasteiger partial charge in [-0.3, -0.25) is 9.89 Å². The molecule has 0 saturated heterocycles. The van der Waals surface area contributed by atoms with Crippen LogP contribution in [-0.2, 0) is 41.8 Å². The number of methoxy groups -OCH3 is 1. The molecule has 0 atom stereocenters. The van der Waals surface area contributed by atoms with Crippen molar-refractivity contribution in [2.24, 2.45) is 25.4 Å². The van der Waals surface area contributed by atoms with Crippen molar-refractivity contribution in [2.75, 3.05) is 19.6 Å². The Balaban J connectivity index is 0.000000301. The second-order valence-electron chi connectivity index (χ2n) is 11.8. The zero-order chi connectivity index (χ0) is 40.9. The number of nitrogens with zero attached hydrogens (tertiary/aromatic N) is 6. The Hall–Kier alpha value is -5.04. The van der Waals surface area contributed by atoms with Gasteiger partial charge in [0.1, 0.15) is 0 Å². The molecule has 6 rings (SSSR count). The normalized spacial score (nSPS) is 11.8. The van der Waals surface area contributed by atoms with Crippen LogP contribution >= 0.6 is 11.6 Å². The summed E-state index contributed by atoms with van der Waals surface area (Å²) < 4.78 is 52.4. The number of aromatic amines is 1. The fourth-order valence-electron chi connectivity index (χ4n) is 4.93. The van der Waals surface area contributed by atoms with Crippen molar-refractivity contribution in [1.82, 2.24) is 9.78 Å². The summed E-state index contributed by atoms with van der Waals surface area (Å²) in [5.41, 5.74) is 0.0440. The van der Waals surface area contributed by atoms with E-state index >= 15 is 0 Å². The average Bonchev–Trinajstić information content (AvgIpc) is 3.42. The molecule has 0 fully saturated rings. The van der Waals surface area contributed by atoms with Crippen LogP contribution < -0.4 is 55.5 Å². The second kappa shape index (κ2) is 19.6. The van der Waals surface area contributed by atoms with E-state index in [0.717, 1.165) is 36.8 Å². The van der Waals surface area contributed by atoms with E-state index in [0.29, 0.717) is 21.8 Å². The van der Waals surface area contributed by atoms with Gasteiger partial charge < -0.3 is 25.2 Å². The number of aromatic nitrogens is 2. The Morgan fingerprint density at radius 2 is 1.26 bits per heavy atom. The minimum Gasteiger partial charge on any atom is -0.871 e. The Morgan fingerprint density at radius 1 is 0.724 bits per heavy atom. The molecule has 6 aromatic rings. The number of nitrogens with one attached hydrogen (secondary N) is 1. The SMILES string of the molecule is COC([O-])=Nc1cccc2ccc([O-])c(N=Nc3cc(S(C)(=O)=O)ccc3[O-])c12.Cc1[nH]n(-c2cccc(Cl)c2)c(=O)c1N=Nc1cc(S(C)(=O)=O)ccc1[O-].[Cr+3].[Na+]. The van der Waals surface area contributed by atoms with Crippen molar-refractivity contribution in [1.29, 1.82) is 0 Å². The van der Waals surface area contributed by atoms with Crippen molar-refractivity contribution in [3.05, 3.63) is 112 Å². The van der Waals surface area contributed by atoms with Gasteiger partial charge in [-0.25, -0.2) is 26.5 Å². The summed E-state index contributed by atoms with van der Waals surface area (Å²) in [4.78, 5) is 16.2. The predicted molar refractivity (Wildman–Crippen MR) is 200 cm³/mol. The number of benzene rings is 5. The number of halogens is 1. The van der Waals surface area contributed by atoms with Gasteiger partial charge in [0.05, 0.1) is 43.9 Å². The summed E-state index contributed by atoms with van der Waals surface area (Å²) in [5, 5.41) is 67.3.